The van der Waals surface area contributed by atoms with Crippen LogP contribution >= 0.6 is 0 Å². The van der Waals surface area contributed by atoms with Gasteiger partial charge in [-0.2, -0.15) is 10.5 Å². The molecular formula is C18H23N7O. The summed E-state index contributed by atoms with van der Waals surface area (Å²) in [6.45, 7) is 4.03. The zero-order chi connectivity index (χ0) is 18.0. The lowest BCUT2D eigenvalue weighted by atomic mass is 10.2. The number of aromatic nitrogens is 4. The van der Waals surface area contributed by atoms with Crippen molar-refractivity contribution in [3.05, 3.63) is 36.3 Å². The van der Waals surface area contributed by atoms with Gasteiger partial charge in [0.1, 0.15) is 24.0 Å². The van der Waals surface area contributed by atoms with Crippen molar-refractivity contribution in [3.8, 4) is 11.8 Å². The monoisotopic (exact) mass is 353 g/mol. The van der Waals surface area contributed by atoms with Gasteiger partial charge in [0, 0.05) is 18.4 Å². The Morgan fingerprint density at radius 2 is 2.00 bits per heavy atom. The van der Waals surface area contributed by atoms with Gasteiger partial charge in [-0.25, -0.2) is 0 Å². The van der Waals surface area contributed by atoms with Crippen LogP contribution in [0.1, 0.15) is 31.5 Å². The molecular weight excluding hydrogens is 330 g/mol. The number of rotatable bonds is 7. The summed E-state index contributed by atoms with van der Waals surface area (Å²) in [4.78, 5) is 2.48. The predicted molar refractivity (Wildman–Crippen MR) is 98.2 cm³/mol. The second-order valence-corrected chi connectivity index (χ2v) is 6.18. The van der Waals surface area contributed by atoms with Crippen LogP contribution in [0, 0.1) is 11.3 Å². The molecule has 0 spiro atoms. The maximum atomic E-state index is 9.14. The molecule has 2 N–H and O–H groups in total. The molecule has 0 unspecified atom stereocenters. The Labute approximate surface area is 152 Å². The molecule has 0 atom stereocenters. The fourth-order valence-corrected chi connectivity index (χ4v) is 2.88. The van der Waals surface area contributed by atoms with Crippen LogP contribution in [-0.4, -0.2) is 51.8 Å². The Hall–Kier alpha value is -2.92. The molecule has 0 saturated carbocycles. The molecule has 26 heavy (non-hydrogen) atoms. The van der Waals surface area contributed by atoms with Crippen molar-refractivity contribution in [2.24, 2.45) is 0 Å². The maximum Gasteiger partial charge on any atom is 0.216 e. The van der Waals surface area contributed by atoms with Crippen LogP contribution in [-0.2, 0) is 0 Å². The molecule has 0 radical (unpaired) electrons. The Bertz CT molecular complexity index is 726. The van der Waals surface area contributed by atoms with Crippen LogP contribution in [0.25, 0.3) is 5.57 Å². The number of likely N-dealkylation sites (tertiary alicyclic amines) is 1. The van der Waals surface area contributed by atoms with Crippen molar-refractivity contribution in [1.29, 1.82) is 5.26 Å². The first-order valence-electron chi connectivity index (χ1n) is 8.91. The third-order valence-corrected chi connectivity index (χ3v) is 4.32. The fraction of sp³-hybridized carbons (Fsp3) is 0.444. The lowest BCUT2D eigenvalue weighted by Gasteiger charge is -2.19. The van der Waals surface area contributed by atoms with Gasteiger partial charge in [0.25, 0.3) is 0 Å². The van der Waals surface area contributed by atoms with Gasteiger partial charge >= 0.3 is 0 Å². The standard InChI is InChI=1S/C18H23N7O/c19-13-15(18-21-23-24-22-18)14-20-16-5-7-17(8-6-16)26-12-11-25-9-3-1-2-4-10-25/h5-8,14,20H,1-4,9-12H2,(H,21,22,23,24). The molecule has 0 bridgehead atoms. The number of nitrogens with zero attached hydrogens (tertiary/aromatic N) is 5. The molecule has 8 nitrogen and oxygen atoms in total. The van der Waals surface area contributed by atoms with Crippen LogP contribution in [0.15, 0.2) is 30.5 Å². The summed E-state index contributed by atoms with van der Waals surface area (Å²) in [5.41, 5.74) is 1.15. The summed E-state index contributed by atoms with van der Waals surface area (Å²) in [6, 6.07) is 9.68. The molecule has 3 rings (SSSR count). The average molecular weight is 353 g/mol. The molecule has 136 valence electrons. The van der Waals surface area contributed by atoms with Crippen molar-refractivity contribution >= 4 is 11.3 Å². The van der Waals surface area contributed by atoms with Crippen LogP contribution in [0.2, 0.25) is 0 Å². The Balaban J connectivity index is 1.46. The number of ether oxygens (including phenoxy) is 1. The average Bonchev–Trinajstić information content (AvgIpc) is 3.08. The molecule has 1 aliphatic heterocycles. The first-order chi connectivity index (χ1) is 12.8. The number of aromatic amines is 1. The SMILES string of the molecule is N#CC(=CNc1ccc(OCCN2CCCCCC2)cc1)c1nn[nH]n1. The van der Waals surface area contributed by atoms with Gasteiger partial charge in [0.15, 0.2) is 0 Å². The van der Waals surface area contributed by atoms with Gasteiger partial charge in [-0.05, 0) is 55.4 Å². The Morgan fingerprint density at radius 1 is 1.23 bits per heavy atom. The van der Waals surface area contributed by atoms with Crippen molar-refractivity contribution < 1.29 is 4.74 Å². The van der Waals surface area contributed by atoms with E-state index in [0.717, 1.165) is 18.0 Å². The van der Waals surface area contributed by atoms with Crippen molar-refractivity contribution in [3.63, 3.8) is 0 Å². The second-order valence-electron chi connectivity index (χ2n) is 6.18. The highest BCUT2D eigenvalue weighted by molar-refractivity contribution is 5.74. The third-order valence-electron chi connectivity index (χ3n) is 4.32. The van der Waals surface area contributed by atoms with Gasteiger partial charge in [0.05, 0.1) is 0 Å². The topological polar surface area (TPSA) is 103 Å². The smallest absolute Gasteiger partial charge is 0.216 e. The maximum absolute atomic E-state index is 9.14. The lowest BCUT2D eigenvalue weighted by molar-refractivity contribution is 0.214. The predicted octanol–water partition coefficient (Wildman–Crippen LogP) is 2.43. The molecule has 2 heterocycles. The number of hydrogen-bond donors (Lipinski definition) is 2. The molecule has 0 aliphatic carbocycles. The van der Waals surface area contributed by atoms with Gasteiger partial charge in [-0.1, -0.05) is 12.8 Å². The van der Waals surface area contributed by atoms with Crippen molar-refractivity contribution in [1.82, 2.24) is 25.5 Å². The number of hydrogen-bond acceptors (Lipinski definition) is 7. The number of nitriles is 1. The van der Waals surface area contributed by atoms with E-state index in [9.17, 15) is 0 Å². The van der Waals surface area contributed by atoms with Crippen LogP contribution < -0.4 is 10.1 Å². The first-order valence-corrected chi connectivity index (χ1v) is 8.91. The van der Waals surface area contributed by atoms with E-state index in [1.165, 1.54) is 38.8 Å². The minimum atomic E-state index is 0.258. The molecule has 1 aromatic heterocycles. The summed E-state index contributed by atoms with van der Waals surface area (Å²) in [6.07, 6.45) is 6.84. The summed E-state index contributed by atoms with van der Waals surface area (Å²) >= 11 is 0. The minimum Gasteiger partial charge on any atom is -0.492 e. The number of H-pyrrole nitrogens is 1. The quantitative estimate of drug-likeness (QED) is 0.737. The van der Waals surface area contributed by atoms with Gasteiger partial charge in [-0.15, -0.1) is 10.2 Å². The van der Waals surface area contributed by atoms with Gasteiger partial charge in [0.2, 0.25) is 5.82 Å². The van der Waals surface area contributed by atoms with E-state index in [2.05, 4.69) is 30.8 Å². The van der Waals surface area contributed by atoms with Crippen molar-refractivity contribution in [2.75, 3.05) is 31.6 Å². The van der Waals surface area contributed by atoms with E-state index in [-0.39, 0.29) is 5.82 Å². The summed E-state index contributed by atoms with van der Waals surface area (Å²) < 4.78 is 5.84. The number of nitrogens with one attached hydrogen (secondary N) is 2. The fourth-order valence-electron chi connectivity index (χ4n) is 2.88. The van der Waals surface area contributed by atoms with Gasteiger partial charge < -0.3 is 10.1 Å². The van der Waals surface area contributed by atoms with E-state index < -0.39 is 0 Å². The molecule has 8 heteroatoms. The van der Waals surface area contributed by atoms with E-state index in [1.807, 2.05) is 30.3 Å². The van der Waals surface area contributed by atoms with E-state index >= 15 is 0 Å². The van der Waals surface area contributed by atoms with E-state index in [1.54, 1.807) is 6.20 Å². The lowest BCUT2D eigenvalue weighted by Crippen LogP contribution is -2.29. The summed E-state index contributed by atoms with van der Waals surface area (Å²) in [7, 11) is 0. The highest BCUT2D eigenvalue weighted by atomic mass is 16.5. The molecule has 2 aromatic rings. The van der Waals surface area contributed by atoms with Crippen LogP contribution in [0.5, 0.6) is 5.75 Å². The summed E-state index contributed by atoms with van der Waals surface area (Å²) in [5.74, 6) is 1.10. The minimum absolute atomic E-state index is 0.258. The highest BCUT2D eigenvalue weighted by Crippen LogP contribution is 2.17. The van der Waals surface area contributed by atoms with Gasteiger partial charge in [-0.3, -0.25) is 4.90 Å². The molecule has 0 amide bonds. The van der Waals surface area contributed by atoms with E-state index in [4.69, 9.17) is 10.00 Å². The normalized spacial score (nSPS) is 15.9. The van der Waals surface area contributed by atoms with Crippen LogP contribution in [0.3, 0.4) is 0 Å². The number of benzene rings is 1. The highest BCUT2D eigenvalue weighted by Gasteiger charge is 2.08. The molecule has 1 aromatic carbocycles. The zero-order valence-corrected chi connectivity index (χ0v) is 14.7. The van der Waals surface area contributed by atoms with Crippen molar-refractivity contribution in [2.45, 2.75) is 25.7 Å². The summed E-state index contributed by atoms with van der Waals surface area (Å²) in [5, 5.41) is 25.5. The Kier molecular flexibility index (Phi) is 6.56. The molecule has 1 aliphatic rings. The first kappa shape index (κ1) is 17.9. The van der Waals surface area contributed by atoms with E-state index in [0.29, 0.717) is 12.2 Å². The largest absolute Gasteiger partial charge is 0.492 e. The Morgan fingerprint density at radius 3 is 2.65 bits per heavy atom. The third kappa shape index (κ3) is 5.29. The number of allylic oxidation sites excluding steroid dienone is 1. The number of anilines is 1. The van der Waals surface area contributed by atoms with Crippen LogP contribution in [0.4, 0.5) is 5.69 Å². The molecule has 1 fully saturated rings. The number of tetrazole rings is 1. The zero-order valence-electron chi connectivity index (χ0n) is 14.7. The second kappa shape index (κ2) is 9.53. The molecule has 1 saturated heterocycles.